The average molecular weight is 287 g/mol. The molecule has 0 bridgehead atoms. The molecule has 3 atom stereocenters. The predicted octanol–water partition coefficient (Wildman–Crippen LogP) is 2.11. The second-order valence-corrected chi connectivity index (χ2v) is 6.42. The van der Waals surface area contributed by atoms with Gasteiger partial charge in [-0.15, -0.1) is 0 Å². The number of carboxylic acids is 1. The van der Waals surface area contributed by atoms with Crippen LogP contribution in [-0.2, 0) is 22.4 Å². The number of benzene rings is 1. The van der Waals surface area contributed by atoms with E-state index in [4.69, 9.17) is 0 Å². The van der Waals surface area contributed by atoms with Gasteiger partial charge in [0.25, 0.3) is 0 Å². The van der Waals surface area contributed by atoms with Crippen LogP contribution < -0.4 is 0 Å². The fourth-order valence-electron chi connectivity index (χ4n) is 4.10. The molecule has 1 aromatic carbocycles. The van der Waals surface area contributed by atoms with E-state index in [1.54, 1.807) is 0 Å². The fourth-order valence-corrected chi connectivity index (χ4v) is 4.10. The Morgan fingerprint density at radius 1 is 1.14 bits per heavy atom. The van der Waals surface area contributed by atoms with Gasteiger partial charge in [-0.05, 0) is 36.8 Å². The van der Waals surface area contributed by atoms with Crippen molar-refractivity contribution in [2.45, 2.75) is 45.2 Å². The van der Waals surface area contributed by atoms with E-state index in [9.17, 15) is 14.7 Å². The van der Waals surface area contributed by atoms with Crippen LogP contribution in [0.5, 0.6) is 0 Å². The van der Waals surface area contributed by atoms with Crippen LogP contribution >= 0.6 is 0 Å². The third kappa shape index (κ3) is 2.33. The zero-order valence-corrected chi connectivity index (χ0v) is 12.5. The molecule has 1 aliphatic heterocycles. The summed E-state index contributed by atoms with van der Waals surface area (Å²) in [7, 11) is 0. The lowest BCUT2D eigenvalue weighted by Gasteiger charge is -2.44. The highest BCUT2D eigenvalue weighted by atomic mass is 16.4. The van der Waals surface area contributed by atoms with Crippen molar-refractivity contribution in [3.8, 4) is 0 Å². The van der Waals surface area contributed by atoms with E-state index in [0.29, 0.717) is 6.42 Å². The number of rotatable bonds is 2. The molecular formula is C17H21NO3. The minimum absolute atomic E-state index is 0.0926. The van der Waals surface area contributed by atoms with Crippen molar-refractivity contribution in [2.75, 3.05) is 0 Å². The van der Waals surface area contributed by atoms with Gasteiger partial charge < -0.3 is 10.0 Å². The second-order valence-electron chi connectivity index (χ2n) is 6.42. The lowest BCUT2D eigenvalue weighted by Crippen LogP contribution is -2.56. The van der Waals surface area contributed by atoms with Crippen LogP contribution in [0.1, 0.15) is 31.4 Å². The molecule has 1 heterocycles. The predicted molar refractivity (Wildman–Crippen MR) is 78.9 cm³/mol. The van der Waals surface area contributed by atoms with Crippen LogP contribution in [0.3, 0.4) is 0 Å². The standard InChI is InChI=1S/C17H21NO3/c1-10-7-15(19)18(11(2)16(10)17(20)21)14-8-12-5-3-4-6-13(12)9-14/h3-6,10-11,14,16H,7-9H2,1-2H3,(H,20,21). The van der Waals surface area contributed by atoms with E-state index in [1.165, 1.54) is 11.1 Å². The van der Waals surface area contributed by atoms with Gasteiger partial charge in [-0.1, -0.05) is 31.2 Å². The van der Waals surface area contributed by atoms with Crippen molar-refractivity contribution in [3.05, 3.63) is 35.4 Å². The summed E-state index contributed by atoms with van der Waals surface area (Å²) in [6, 6.07) is 8.12. The highest BCUT2D eigenvalue weighted by molar-refractivity contribution is 5.82. The van der Waals surface area contributed by atoms with Crippen molar-refractivity contribution in [2.24, 2.45) is 11.8 Å². The fraction of sp³-hybridized carbons (Fsp3) is 0.529. The summed E-state index contributed by atoms with van der Waals surface area (Å²) in [5, 5.41) is 9.46. The second kappa shape index (κ2) is 5.17. The first-order valence-electron chi connectivity index (χ1n) is 7.59. The topological polar surface area (TPSA) is 57.6 Å². The average Bonchev–Trinajstić information content (AvgIpc) is 2.80. The van der Waals surface area contributed by atoms with E-state index in [-0.39, 0.29) is 23.9 Å². The molecule has 4 nitrogen and oxygen atoms in total. The van der Waals surface area contributed by atoms with Gasteiger partial charge in [0.05, 0.1) is 5.92 Å². The summed E-state index contributed by atoms with van der Waals surface area (Å²) in [6.45, 7) is 3.75. The molecule has 1 aliphatic carbocycles. The third-order valence-corrected chi connectivity index (χ3v) is 5.06. The Kier molecular flexibility index (Phi) is 3.47. The van der Waals surface area contributed by atoms with Gasteiger partial charge in [0.1, 0.15) is 0 Å². The van der Waals surface area contributed by atoms with Gasteiger partial charge in [0.2, 0.25) is 5.91 Å². The smallest absolute Gasteiger partial charge is 0.308 e. The highest BCUT2D eigenvalue weighted by Gasteiger charge is 2.45. The maximum atomic E-state index is 12.5. The molecule has 0 saturated carbocycles. The monoisotopic (exact) mass is 287 g/mol. The van der Waals surface area contributed by atoms with Crippen molar-refractivity contribution < 1.29 is 14.7 Å². The number of aliphatic carboxylic acids is 1. The van der Waals surface area contributed by atoms with Gasteiger partial charge >= 0.3 is 5.97 Å². The van der Waals surface area contributed by atoms with E-state index >= 15 is 0 Å². The van der Waals surface area contributed by atoms with E-state index in [2.05, 4.69) is 12.1 Å². The molecule has 0 radical (unpaired) electrons. The summed E-state index contributed by atoms with van der Waals surface area (Å²) in [5.41, 5.74) is 2.57. The van der Waals surface area contributed by atoms with Crippen molar-refractivity contribution in [1.29, 1.82) is 0 Å². The van der Waals surface area contributed by atoms with Crippen molar-refractivity contribution in [1.82, 2.24) is 4.90 Å². The molecule has 3 rings (SSSR count). The van der Waals surface area contributed by atoms with E-state index < -0.39 is 11.9 Å². The van der Waals surface area contributed by atoms with Crippen LogP contribution in [0.2, 0.25) is 0 Å². The molecule has 0 aromatic heterocycles. The molecule has 112 valence electrons. The summed E-state index contributed by atoms with van der Waals surface area (Å²) < 4.78 is 0. The minimum atomic E-state index is -0.789. The number of carbonyl (C=O) groups excluding carboxylic acids is 1. The molecule has 0 spiro atoms. The summed E-state index contributed by atoms with van der Waals surface area (Å²) in [4.78, 5) is 25.8. The largest absolute Gasteiger partial charge is 0.481 e. The number of carboxylic acid groups (broad SMARTS) is 1. The number of fused-ring (bicyclic) bond motifs is 1. The van der Waals surface area contributed by atoms with Gasteiger partial charge in [0.15, 0.2) is 0 Å². The van der Waals surface area contributed by atoms with Gasteiger partial charge in [-0.25, -0.2) is 0 Å². The van der Waals surface area contributed by atoms with Gasteiger partial charge in [0, 0.05) is 18.5 Å². The molecule has 1 N–H and O–H groups in total. The van der Waals surface area contributed by atoms with Crippen LogP contribution in [-0.4, -0.2) is 34.0 Å². The minimum Gasteiger partial charge on any atom is -0.481 e. The Hall–Kier alpha value is -1.84. The van der Waals surface area contributed by atoms with E-state index in [1.807, 2.05) is 30.9 Å². The Labute approximate surface area is 124 Å². The van der Waals surface area contributed by atoms with Crippen LogP contribution in [0, 0.1) is 11.8 Å². The maximum Gasteiger partial charge on any atom is 0.308 e. The van der Waals surface area contributed by atoms with E-state index in [0.717, 1.165) is 12.8 Å². The molecule has 21 heavy (non-hydrogen) atoms. The third-order valence-electron chi connectivity index (χ3n) is 5.06. The first-order valence-corrected chi connectivity index (χ1v) is 7.59. The number of carbonyl (C=O) groups is 2. The van der Waals surface area contributed by atoms with Crippen molar-refractivity contribution in [3.63, 3.8) is 0 Å². The maximum absolute atomic E-state index is 12.5. The first-order chi connectivity index (χ1) is 9.99. The quantitative estimate of drug-likeness (QED) is 0.906. The van der Waals surface area contributed by atoms with Crippen LogP contribution in [0.25, 0.3) is 0 Å². The summed E-state index contributed by atoms with van der Waals surface area (Å²) >= 11 is 0. The lowest BCUT2D eigenvalue weighted by molar-refractivity contribution is -0.156. The molecular weight excluding hydrogens is 266 g/mol. The molecule has 3 unspecified atom stereocenters. The van der Waals surface area contributed by atoms with Gasteiger partial charge in [-0.3, -0.25) is 9.59 Å². The molecule has 1 saturated heterocycles. The number of amides is 1. The Morgan fingerprint density at radius 3 is 2.24 bits per heavy atom. The van der Waals surface area contributed by atoms with Gasteiger partial charge in [-0.2, -0.15) is 0 Å². The number of piperidine rings is 1. The highest BCUT2D eigenvalue weighted by Crippen LogP contribution is 2.35. The molecule has 1 amide bonds. The number of nitrogens with zero attached hydrogens (tertiary/aromatic N) is 1. The number of hydrogen-bond acceptors (Lipinski definition) is 2. The SMILES string of the molecule is CC1CC(=O)N(C2Cc3ccccc3C2)C(C)C1C(=O)O. The normalized spacial score (nSPS) is 29.5. The summed E-state index contributed by atoms with van der Waals surface area (Å²) in [5.74, 6) is -1.25. The molecule has 1 fully saturated rings. The Morgan fingerprint density at radius 2 is 1.71 bits per heavy atom. The zero-order chi connectivity index (χ0) is 15.1. The number of hydrogen-bond donors (Lipinski definition) is 1. The number of likely N-dealkylation sites (tertiary alicyclic amines) is 1. The Balaban J connectivity index is 1.85. The lowest BCUT2D eigenvalue weighted by atomic mass is 9.80. The summed E-state index contributed by atoms with van der Waals surface area (Å²) in [6.07, 6.45) is 2.02. The Bertz CT molecular complexity index is 558. The zero-order valence-electron chi connectivity index (χ0n) is 12.5. The van der Waals surface area contributed by atoms with Crippen LogP contribution in [0.4, 0.5) is 0 Å². The first kappa shape index (κ1) is 14.1. The molecule has 4 heteroatoms. The van der Waals surface area contributed by atoms with Crippen LogP contribution in [0.15, 0.2) is 24.3 Å². The van der Waals surface area contributed by atoms with Crippen molar-refractivity contribution >= 4 is 11.9 Å². The molecule has 2 aliphatic rings. The molecule has 1 aromatic rings.